The van der Waals surface area contributed by atoms with Gasteiger partial charge in [0.1, 0.15) is 10.7 Å². The van der Waals surface area contributed by atoms with Gasteiger partial charge < -0.3 is 10.2 Å². The van der Waals surface area contributed by atoms with Gasteiger partial charge in [-0.15, -0.1) is 11.3 Å². The fourth-order valence-corrected chi connectivity index (χ4v) is 3.35. The van der Waals surface area contributed by atoms with Crippen molar-refractivity contribution >= 4 is 17.2 Å². The van der Waals surface area contributed by atoms with Crippen molar-refractivity contribution in [1.29, 1.82) is 0 Å². The molecule has 3 rings (SSSR count). The Morgan fingerprint density at radius 2 is 1.91 bits per heavy atom. The number of hydrogen-bond acceptors (Lipinski definition) is 4. The lowest BCUT2D eigenvalue weighted by atomic mass is 10.0. The summed E-state index contributed by atoms with van der Waals surface area (Å²) in [6.07, 6.45) is 0. The molecule has 1 fully saturated rings. The Balaban J connectivity index is 1.76. The molecule has 22 heavy (non-hydrogen) atoms. The third-order valence-electron chi connectivity index (χ3n) is 3.95. The minimum atomic E-state index is 0.0443. The molecule has 0 aliphatic carbocycles. The van der Waals surface area contributed by atoms with Gasteiger partial charge in [0, 0.05) is 37.1 Å². The van der Waals surface area contributed by atoms with E-state index in [-0.39, 0.29) is 5.91 Å². The molecule has 1 aromatic heterocycles. The van der Waals surface area contributed by atoms with Crippen LogP contribution < -0.4 is 5.32 Å². The predicted molar refractivity (Wildman–Crippen MR) is 90.4 cm³/mol. The van der Waals surface area contributed by atoms with Crippen LogP contribution in [0.4, 0.5) is 0 Å². The molecule has 1 aliphatic rings. The van der Waals surface area contributed by atoms with E-state index in [1.165, 1.54) is 16.9 Å². The Hall–Kier alpha value is -1.72. The summed E-state index contributed by atoms with van der Waals surface area (Å²) in [6.45, 7) is 7.60. The van der Waals surface area contributed by atoms with E-state index < -0.39 is 0 Å². The summed E-state index contributed by atoms with van der Waals surface area (Å²) in [5.74, 6) is 0.568. The van der Waals surface area contributed by atoms with Crippen LogP contribution in [0.15, 0.2) is 29.6 Å². The van der Waals surface area contributed by atoms with E-state index >= 15 is 0 Å². The second-order valence-corrected chi connectivity index (χ2v) is 6.71. The number of hydrogen-bond donors (Lipinski definition) is 1. The number of nitrogens with one attached hydrogen (secondary N) is 1. The summed E-state index contributed by atoms with van der Waals surface area (Å²) in [7, 11) is 0. The lowest BCUT2D eigenvalue weighted by Gasteiger charge is -2.26. The molecule has 1 aromatic carbocycles. The topological polar surface area (TPSA) is 45.2 Å². The highest BCUT2D eigenvalue weighted by molar-refractivity contribution is 7.13. The molecule has 1 amide bonds. The molecule has 0 unspecified atom stereocenters. The normalized spacial score (nSPS) is 15.3. The zero-order chi connectivity index (χ0) is 15.5. The number of amides is 1. The number of nitrogens with zero attached hydrogens (tertiary/aromatic N) is 2. The molecule has 0 saturated carbocycles. The average Bonchev–Trinajstić information content (AvgIpc) is 3.05. The zero-order valence-corrected chi connectivity index (χ0v) is 13.8. The highest BCUT2D eigenvalue weighted by Crippen LogP contribution is 2.26. The lowest BCUT2D eigenvalue weighted by molar-refractivity contribution is 0.0731. The lowest BCUT2D eigenvalue weighted by Crippen LogP contribution is -2.46. The maximum Gasteiger partial charge on any atom is 0.273 e. The maximum absolute atomic E-state index is 12.4. The number of carbonyl (C=O) groups is 1. The first-order chi connectivity index (χ1) is 10.6. The first kappa shape index (κ1) is 15.2. The van der Waals surface area contributed by atoms with Gasteiger partial charge in [-0.2, -0.15) is 0 Å². The fourth-order valence-electron chi connectivity index (χ4n) is 2.55. The number of piperazine rings is 1. The molecule has 4 nitrogen and oxygen atoms in total. The number of thiazole rings is 1. The Morgan fingerprint density at radius 1 is 1.23 bits per heavy atom. The molecular weight excluding hydrogens is 294 g/mol. The summed E-state index contributed by atoms with van der Waals surface area (Å²) in [6, 6.07) is 8.46. The van der Waals surface area contributed by atoms with E-state index in [2.05, 4.69) is 48.4 Å². The van der Waals surface area contributed by atoms with Crippen molar-refractivity contribution in [3.63, 3.8) is 0 Å². The molecular formula is C17H21N3OS. The third-order valence-corrected chi connectivity index (χ3v) is 4.84. The van der Waals surface area contributed by atoms with Gasteiger partial charge in [-0.1, -0.05) is 38.1 Å². The van der Waals surface area contributed by atoms with Crippen LogP contribution in [0.2, 0.25) is 0 Å². The van der Waals surface area contributed by atoms with Crippen LogP contribution in [-0.4, -0.2) is 42.0 Å². The number of aromatic nitrogens is 1. The molecule has 1 aliphatic heterocycles. The largest absolute Gasteiger partial charge is 0.335 e. The van der Waals surface area contributed by atoms with Gasteiger partial charge >= 0.3 is 0 Å². The Bertz CT molecular complexity index is 642. The summed E-state index contributed by atoms with van der Waals surface area (Å²) in [5, 5.41) is 6.04. The Labute approximate surface area is 135 Å². The van der Waals surface area contributed by atoms with Crippen molar-refractivity contribution in [3.8, 4) is 10.6 Å². The van der Waals surface area contributed by atoms with Crippen LogP contribution in [0.5, 0.6) is 0 Å². The Kier molecular flexibility index (Phi) is 4.55. The van der Waals surface area contributed by atoms with E-state index in [0.717, 1.165) is 36.8 Å². The van der Waals surface area contributed by atoms with E-state index in [1.807, 2.05) is 10.3 Å². The zero-order valence-electron chi connectivity index (χ0n) is 13.0. The van der Waals surface area contributed by atoms with Crippen LogP contribution in [-0.2, 0) is 0 Å². The van der Waals surface area contributed by atoms with Gasteiger partial charge in [-0.25, -0.2) is 4.98 Å². The molecule has 5 heteroatoms. The molecule has 0 spiro atoms. The van der Waals surface area contributed by atoms with Gasteiger partial charge in [-0.3, -0.25) is 4.79 Å². The van der Waals surface area contributed by atoms with Crippen molar-refractivity contribution in [2.75, 3.05) is 26.2 Å². The fraction of sp³-hybridized carbons (Fsp3) is 0.412. The standard InChI is InChI=1S/C17H21N3OS/c1-12(2)13-3-5-14(6-4-13)16-19-15(11-22-16)17(21)20-9-7-18-8-10-20/h3-6,11-12,18H,7-10H2,1-2H3. The van der Waals surface area contributed by atoms with E-state index in [0.29, 0.717) is 11.6 Å². The van der Waals surface area contributed by atoms with Gasteiger partial charge in [0.15, 0.2) is 0 Å². The highest BCUT2D eigenvalue weighted by Gasteiger charge is 2.20. The van der Waals surface area contributed by atoms with Crippen LogP contribution in [0.25, 0.3) is 10.6 Å². The van der Waals surface area contributed by atoms with E-state index in [4.69, 9.17) is 0 Å². The molecule has 116 valence electrons. The second-order valence-electron chi connectivity index (χ2n) is 5.86. The van der Waals surface area contributed by atoms with Crippen molar-refractivity contribution in [2.24, 2.45) is 0 Å². The van der Waals surface area contributed by atoms with Crippen LogP contribution in [0, 0.1) is 0 Å². The molecule has 2 aromatic rings. The van der Waals surface area contributed by atoms with Crippen LogP contribution in [0.1, 0.15) is 35.8 Å². The molecule has 0 radical (unpaired) electrons. The van der Waals surface area contributed by atoms with Crippen LogP contribution in [0.3, 0.4) is 0 Å². The van der Waals surface area contributed by atoms with Gasteiger partial charge in [0.05, 0.1) is 0 Å². The number of rotatable bonds is 3. The SMILES string of the molecule is CC(C)c1ccc(-c2nc(C(=O)N3CCNCC3)cs2)cc1. The minimum Gasteiger partial charge on any atom is -0.335 e. The van der Waals surface area contributed by atoms with Gasteiger partial charge in [0.2, 0.25) is 0 Å². The highest BCUT2D eigenvalue weighted by atomic mass is 32.1. The van der Waals surface area contributed by atoms with Gasteiger partial charge in [-0.05, 0) is 11.5 Å². The van der Waals surface area contributed by atoms with Crippen molar-refractivity contribution < 1.29 is 4.79 Å². The Morgan fingerprint density at radius 3 is 2.55 bits per heavy atom. The molecule has 1 saturated heterocycles. The van der Waals surface area contributed by atoms with Crippen LogP contribution >= 0.6 is 11.3 Å². The van der Waals surface area contributed by atoms with E-state index in [9.17, 15) is 4.79 Å². The minimum absolute atomic E-state index is 0.0443. The van der Waals surface area contributed by atoms with Crippen molar-refractivity contribution in [3.05, 3.63) is 40.9 Å². The molecule has 0 atom stereocenters. The van der Waals surface area contributed by atoms with Crippen molar-refractivity contribution in [2.45, 2.75) is 19.8 Å². The predicted octanol–water partition coefficient (Wildman–Crippen LogP) is 2.98. The second kappa shape index (κ2) is 6.58. The summed E-state index contributed by atoms with van der Waals surface area (Å²) < 4.78 is 0. The quantitative estimate of drug-likeness (QED) is 0.947. The smallest absolute Gasteiger partial charge is 0.273 e. The monoisotopic (exact) mass is 315 g/mol. The van der Waals surface area contributed by atoms with E-state index in [1.54, 1.807) is 0 Å². The molecule has 0 bridgehead atoms. The first-order valence-electron chi connectivity index (χ1n) is 7.71. The number of benzene rings is 1. The summed E-state index contributed by atoms with van der Waals surface area (Å²) in [4.78, 5) is 18.8. The molecule has 2 heterocycles. The summed E-state index contributed by atoms with van der Waals surface area (Å²) in [5.41, 5.74) is 2.96. The van der Waals surface area contributed by atoms with Gasteiger partial charge in [0.25, 0.3) is 5.91 Å². The molecule has 1 N–H and O–H groups in total. The van der Waals surface area contributed by atoms with Crippen molar-refractivity contribution in [1.82, 2.24) is 15.2 Å². The average molecular weight is 315 g/mol. The number of carbonyl (C=O) groups excluding carboxylic acids is 1. The first-order valence-corrected chi connectivity index (χ1v) is 8.59. The third kappa shape index (κ3) is 3.20. The maximum atomic E-state index is 12.4. The summed E-state index contributed by atoms with van der Waals surface area (Å²) >= 11 is 1.53.